The molecule has 1 amide bonds. The third-order valence-corrected chi connectivity index (χ3v) is 3.50. The van der Waals surface area contributed by atoms with E-state index in [-0.39, 0.29) is 11.4 Å². The molecule has 0 aromatic heterocycles. The summed E-state index contributed by atoms with van der Waals surface area (Å²) >= 11 is 0. The summed E-state index contributed by atoms with van der Waals surface area (Å²) in [6.45, 7) is 1.61. The lowest BCUT2D eigenvalue weighted by Crippen LogP contribution is -2.13. The molecule has 0 saturated heterocycles. The first-order chi connectivity index (χ1) is 12.0. The number of nitrogens with one attached hydrogen (secondary N) is 1. The number of carbonyl (C=O) groups is 1. The van der Waals surface area contributed by atoms with Gasteiger partial charge in [-0.15, -0.1) is 0 Å². The first-order valence-corrected chi connectivity index (χ1v) is 7.39. The third-order valence-electron chi connectivity index (χ3n) is 3.50. The average Bonchev–Trinajstić information content (AvgIpc) is 2.62. The number of nitrogens with zero attached hydrogens (tertiary/aromatic N) is 1. The minimum absolute atomic E-state index is 0.0965. The van der Waals surface area contributed by atoms with E-state index in [4.69, 9.17) is 9.47 Å². The summed E-state index contributed by atoms with van der Waals surface area (Å²) in [7, 11) is 3.00. The summed E-state index contributed by atoms with van der Waals surface area (Å²) in [5.41, 5.74) is 1.36. The van der Waals surface area contributed by atoms with Crippen molar-refractivity contribution in [1.82, 2.24) is 0 Å². The Balaban J connectivity index is 2.24. The van der Waals surface area contributed by atoms with E-state index in [9.17, 15) is 14.4 Å². The zero-order valence-corrected chi connectivity index (χ0v) is 14.1. The van der Waals surface area contributed by atoms with Gasteiger partial charge in [-0.2, -0.15) is 5.26 Å². The molecule has 5 nitrogen and oxygen atoms in total. The van der Waals surface area contributed by atoms with Gasteiger partial charge in [-0.3, -0.25) is 4.79 Å². The van der Waals surface area contributed by atoms with Crippen LogP contribution in [0.5, 0.6) is 11.5 Å². The van der Waals surface area contributed by atoms with Crippen LogP contribution in [0.25, 0.3) is 6.08 Å². The van der Waals surface area contributed by atoms with Crippen LogP contribution >= 0.6 is 0 Å². The summed E-state index contributed by atoms with van der Waals surface area (Å²) in [5.74, 6) is 0.0671. The number of methoxy groups -OCH3 is 2. The molecular weight excluding hydrogens is 323 g/mol. The molecule has 6 heteroatoms. The molecule has 0 atom stereocenters. The maximum Gasteiger partial charge on any atom is 0.266 e. The molecule has 0 aliphatic heterocycles. The van der Waals surface area contributed by atoms with Crippen LogP contribution in [0.3, 0.4) is 0 Å². The molecule has 1 N–H and O–H groups in total. The smallest absolute Gasteiger partial charge is 0.266 e. The lowest BCUT2D eigenvalue weighted by molar-refractivity contribution is -0.112. The molecule has 2 aromatic rings. The van der Waals surface area contributed by atoms with Gasteiger partial charge in [0.05, 0.1) is 14.2 Å². The highest BCUT2D eigenvalue weighted by molar-refractivity contribution is 6.09. The molecule has 25 heavy (non-hydrogen) atoms. The fourth-order valence-corrected chi connectivity index (χ4v) is 2.19. The summed E-state index contributed by atoms with van der Waals surface area (Å²) < 4.78 is 23.6. The Hall–Kier alpha value is -3.33. The Morgan fingerprint density at radius 1 is 1.16 bits per heavy atom. The lowest BCUT2D eigenvalue weighted by Gasteiger charge is -2.10. The highest BCUT2D eigenvalue weighted by Gasteiger charge is 2.12. The van der Waals surface area contributed by atoms with Crippen molar-refractivity contribution in [1.29, 1.82) is 5.26 Å². The van der Waals surface area contributed by atoms with Gasteiger partial charge in [0.2, 0.25) is 0 Å². The van der Waals surface area contributed by atoms with Crippen LogP contribution in [-0.4, -0.2) is 20.1 Å². The molecular formula is C19H17FN2O3. The van der Waals surface area contributed by atoms with E-state index in [1.165, 1.54) is 32.4 Å². The van der Waals surface area contributed by atoms with Gasteiger partial charge in [-0.05, 0) is 48.4 Å². The molecule has 0 unspecified atom stereocenters. The predicted octanol–water partition coefficient (Wildman–Crippen LogP) is 3.70. The zero-order valence-electron chi connectivity index (χ0n) is 14.1. The molecule has 0 bridgehead atoms. The topological polar surface area (TPSA) is 71.3 Å². The summed E-state index contributed by atoms with van der Waals surface area (Å²) in [4.78, 5) is 12.3. The molecule has 0 saturated carbocycles. The van der Waals surface area contributed by atoms with Gasteiger partial charge in [-0.1, -0.05) is 6.07 Å². The number of aryl methyl sites for hydroxylation is 1. The van der Waals surface area contributed by atoms with Gasteiger partial charge >= 0.3 is 0 Å². The number of hydrogen-bond donors (Lipinski definition) is 1. The van der Waals surface area contributed by atoms with E-state index in [1.54, 1.807) is 31.2 Å². The van der Waals surface area contributed by atoms with Crippen molar-refractivity contribution in [3.63, 3.8) is 0 Å². The van der Waals surface area contributed by atoms with E-state index in [0.717, 1.165) is 0 Å². The fraction of sp³-hybridized carbons (Fsp3) is 0.158. The van der Waals surface area contributed by atoms with Crippen molar-refractivity contribution >= 4 is 17.7 Å². The van der Waals surface area contributed by atoms with Crippen molar-refractivity contribution in [2.24, 2.45) is 0 Å². The minimum Gasteiger partial charge on any atom is -0.493 e. The second-order valence-electron chi connectivity index (χ2n) is 5.20. The average molecular weight is 340 g/mol. The standard InChI is InChI=1S/C19H17FN2O3/c1-12-8-13(4-6-16(12)20)9-14(11-21)19(23)22-15-5-7-17(24-2)18(10-15)25-3/h4-10H,1-3H3,(H,22,23). The van der Waals surface area contributed by atoms with Gasteiger partial charge in [0, 0.05) is 11.8 Å². The van der Waals surface area contributed by atoms with Gasteiger partial charge in [0.15, 0.2) is 11.5 Å². The van der Waals surface area contributed by atoms with Crippen LogP contribution in [0.2, 0.25) is 0 Å². The van der Waals surface area contributed by atoms with E-state index in [2.05, 4.69) is 5.32 Å². The number of ether oxygens (including phenoxy) is 2. The van der Waals surface area contributed by atoms with E-state index < -0.39 is 5.91 Å². The molecule has 128 valence electrons. The third kappa shape index (κ3) is 4.36. The van der Waals surface area contributed by atoms with Crippen molar-refractivity contribution in [3.8, 4) is 17.6 Å². The quantitative estimate of drug-likeness (QED) is 0.665. The van der Waals surface area contributed by atoms with E-state index in [1.807, 2.05) is 6.07 Å². The predicted molar refractivity (Wildman–Crippen MR) is 92.9 cm³/mol. The monoisotopic (exact) mass is 340 g/mol. The Labute approximate surface area is 145 Å². The van der Waals surface area contributed by atoms with Crippen LogP contribution in [0.15, 0.2) is 42.0 Å². The largest absolute Gasteiger partial charge is 0.493 e. The summed E-state index contributed by atoms with van der Waals surface area (Å²) in [6, 6.07) is 11.1. The zero-order chi connectivity index (χ0) is 18.4. The van der Waals surface area contributed by atoms with Gasteiger partial charge in [0.25, 0.3) is 5.91 Å². The molecule has 2 aromatic carbocycles. The van der Waals surface area contributed by atoms with Crippen LogP contribution in [0.1, 0.15) is 11.1 Å². The lowest BCUT2D eigenvalue weighted by atomic mass is 10.1. The first-order valence-electron chi connectivity index (χ1n) is 7.39. The second-order valence-corrected chi connectivity index (χ2v) is 5.20. The maximum atomic E-state index is 13.3. The highest BCUT2D eigenvalue weighted by atomic mass is 19.1. The van der Waals surface area contributed by atoms with Crippen molar-refractivity contribution in [2.75, 3.05) is 19.5 Å². The second kappa shape index (κ2) is 7.97. The van der Waals surface area contributed by atoms with Gasteiger partial charge < -0.3 is 14.8 Å². The number of rotatable bonds is 5. The molecule has 0 fully saturated rings. The minimum atomic E-state index is -0.573. The number of hydrogen-bond acceptors (Lipinski definition) is 4. The van der Waals surface area contributed by atoms with E-state index in [0.29, 0.717) is 28.3 Å². The molecule has 0 radical (unpaired) electrons. The van der Waals surface area contributed by atoms with Crippen LogP contribution in [0.4, 0.5) is 10.1 Å². The molecule has 2 rings (SSSR count). The number of amides is 1. The highest BCUT2D eigenvalue weighted by Crippen LogP contribution is 2.29. The number of nitriles is 1. The van der Waals surface area contributed by atoms with Crippen LogP contribution in [0, 0.1) is 24.1 Å². The maximum absolute atomic E-state index is 13.3. The normalized spacial score (nSPS) is 10.8. The molecule has 0 heterocycles. The van der Waals surface area contributed by atoms with E-state index >= 15 is 0 Å². The fourth-order valence-electron chi connectivity index (χ4n) is 2.19. The molecule has 0 aliphatic rings. The summed E-state index contributed by atoms with van der Waals surface area (Å²) in [5, 5.41) is 11.9. The van der Waals surface area contributed by atoms with Crippen molar-refractivity contribution in [2.45, 2.75) is 6.92 Å². The van der Waals surface area contributed by atoms with Gasteiger partial charge in [0.1, 0.15) is 17.5 Å². The van der Waals surface area contributed by atoms with Crippen LogP contribution in [-0.2, 0) is 4.79 Å². The number of carbonyl (C=O) groups excluding carboxylic acids is 1. The Morgan fingerprint density at radius 2 is 1.88 bits per heavy atom. The number of anilines is 1. The Morgan fingerprint density at radius 3 is 2.48 bits per heavy atom. The number of benzene rings is 2. The van der Waals surface area contributed by atoms with Crippen LogP contribution < -0.4 is 14.8 Å². The SMILES string of the molecule is COc1ccc(NC(=O)C(C#N)=Cc2ccc(F)c(C)c2)cc1OC. The Bertz CT molecular complexity index is 869. The Kier molecular flexibility index (Phi) is 5.75. The van der Waals surface area contributed by atoms with Crippen molar-refractivity contribution in [3.05, 3.63) is 58.9 Å². The summed E-state index contributed by atoms with van der Waals surface area (Å²) in [6.07, 6.45) is 1.41. The first kappa shape index (κ1) is 18.0. The molecule has 0 spiro atoms. The van der Waals surface area contributed by atoms with Gasteiger partial charge in [-0.25, -0.2) is 4.39 Å². The van der Waals surface area contributed by atoms with Crippen molar-refractivity contribution < 1.29 is 18.7 Å². The number of halogens is 1. The molecule has 0 aliphatic carbocycles.